The van der Waals surface area contributed by atoms with E-state index in [0.29, 0.717) is 16.9 Å². The van der Waals surface area contributed by atoms with Crippen molar-refractivity contribution in [3.63, 3.8) is 0 Å². The van der Waals surface area contributed by atoms with Crippen LogP contribution in [-0.2, 0) is 15.4 Å². The van der Waals surface area contributed by atoms with Gasteiger partial charge < -0.3 is 9.47 Å². The Morgan fingerprint density at radius 3 is 2.92 bits per heavy atom. The van der Waals surface area contributed by atoms with Gasteiger partial charge in [-0.3, -0.25) is 4.79 Å². The molecule has 25 heavy (non-hydrogen) atoms. The number of benzene rings is 1. The van der Waals surface area contributed by atoms with E-state index in [1.54, 1.807) is 37.3 Å². The van der Waals surface area contributed by atoms with Crippen LogP contribution in [0.25, 0.3) is 0 Å². The van der Waals surface area contributed by atoms with Crippen molar-refractivity contribution < 1.29 is 19.1 Å². The first-order valence-electron chi connectivity index (χ1n) is 7.59. The van der Waals surface area contributed by atoms with Crippen LogP contribution in [0.2, 0.25) is 5.02 Å². The van der Waals surface area contributed by atoms with Gasteiger partial charge in [-0.05, 0) is 31.2 Å². The lowest BCUT2D eigenvalue weighted by atomic mass is 10.1. The second-order valence-corrected chi connectivity index (χ2v) is 6.10. The molecule has 1 unspecified atom stereocenters. The van der Waals surface area contributed by atoms with Gasteiger partial charge in [0.25, 0.3) is 5.91 Å². The summed E-state index contributed by atoms with van der Waals surface area (Å²) in [6, 6.07) is 8.22. The van der Waals surface area contributed by atoms with Crippen LogP contribution in [0, 0.1) is 6.92 Å². The number of hydrogen-bond acceptors (Lipinski definition) is 5. The summed E-state index contributed by atoms with van der Waals surface area (Å²) in [5.41, 5.74) is 1.69. The Bertz CT molecular complexity index is 943. The number of aromatic nitrogens is 1. The predicted octanol–water partition coefficient (Wildman–Crippen LogP) is 3.19. The number of esters is 1. The van der Waals surface area contributed by atoms with E-state index in [2.05, 4.69) is 11.6 Å². The summed E-state index contributed by atoms with van der Waals surface area (Å²) >= 11 is 6.15. The molecule has 3 heterocycles. The summed E-state index contributed by atoms with van der Waals surface area (Å²) in [5, 5.41) is 0.202. The zero-order valence-corrected chi connectivity index (χ0v) is 14.0. The van der Waals surface area contributed by atoms with Crippen molar-refractivity contribution in [1.29, 1.82) is 0 Å². The van der Waals surface area contributed by atoms with Crippen LogP contribution in [0.5, 0.6) is 0 Å². The molecule has 1 aromatic heterocycles. The van der Waals surface area contributed by atoms with Crippen LogP contribution < -0.4 is 4.90 Å². The molecule has 2 aliphatic rings. The van der Waals surface area contributed by atoms with Crippen LogP contribution in [0.15, 0.2) is 43.0 Å². The normalized spacial score (nSPS) is 20.6. The van der Waals surface area contributed by atoms with E-state index in [-0.39, 0.29) is 28.8 Å². The molecule has 0 fully saturated rings. The summed E-state index contributed by atoms with van der Waals surface area (Å²) in [5.74, 6) is -2.81. The van der Waals surface area contributed by atoms with E-state index >= 15 is 0 Å². The molecule has 4 rings (SSSR count). The Balaban J connectivity index is 2.02. The standard InChI is InChI=1S/C18H13ClN2O4/c1-3-9-24-18-15-11(8-7-10(2)20-15)16(22)21(18)13-6-4-5-12(19)14(13)17(23)25-18/h3-8H,1,9H2,2H3. The molecule has 0 bridgehead atoms. The molecular formula is C18H13ClN2O4. The third kappa shape index (κ3) is 2.04. The smallest absolute Gasteiger partial charge is 0.351 e. The van der Waals surface area contributed by atoms with Crippen molar-refractivity contribution in [2.24, 2.45) is 0 Å². The number of ether oxygens (including phenoxy) is 2. The quantitative estimate of drug-likeness (QED) is 0.624. The van der Waals surface area contributed by atoms with E-state index in [4.69, 9.17) is 21.1 Å². The zero-order chi connectivity index (χ0) is 17.8. The van der Waals surface area contributed by atoms with Gasteiger partial charge in [-0.25, -0.2) is 14.7 Å². The predicted molar refractivity (Wildman–Crippen MR) is 90.5 cm³/mol. The fourth-order valence-corrected chi connectivity index (χ4v) is 3.35. The van der Waals surface area contributed by atoms with Gasteiger partial charge in [0.2, 0.25) is 0 Å². The minimum Gasteiger partial charge on any atom is -0.404 e. The molecule has 1 amide bonds. The summed E-state index contributed by atoms with van der Waals surface area (Å²) in [4.78, 5) is 31.4. The molecule has 126 valence electrons. The second-order valence-electron chi connectivity index (χ2n) is 5.69. The average Bonchev–Trinajstić information content (AvgIpc) is 2.82. The minimum atomic E-state index is -1.76. The van der Waals surface area contributed by atoms with Crippen LogP contribution in [0.4, 0.5) is 5.69 Å². The van der Waals surface area contributed by atoms with Gasteiger partial charge >= 0.3 is 11.9 Å². The van der Waals surface area contributed by atoms with Crippen molar-refractivity contribution in [3.05, 3.63) is 70.5 Å². The van der Waals surface area contributed by atoms with Crippen LogP contribution in [0.3, 0.4) is 0 Å². The Hall–Kier alpha value is -2.70. The lowest BCUT2D eigenvalue weighted by Gasteiger charge is -2.40. The highest BCUT2D eigenvalue weighted by molar-refractivity contribution is 6.35. The Morgan fingerprint density at radius 1 is 1.36 bits per heavy atom. The number of nitrogens with zero attached hydrogens (tertiary/aromatic N) is 2. The third-order valence-electron chi connectivity index (χ3n) is 4.13. The Kier molecular flexibility index (Phi) is 3.42. The Morgan fingerprint density at radius 2 is 2.16 bits per heavy atom. The number of pyridine rings is 1. The maximum atomic E-state index is 13.0. The van der Waals surface area contributed by atoms with Crippen molar-refractivity contribution >= 4 is 29.2 Å². The lowest BCUT2D eigenvalue weighted by Crippen LogP contribution is -2.53. The van der Waals surface area contributed by atoms with Gasteiger partial charge in [0.15, 0.2) is 0 Å². The molecule has 1 aromatic carbocycles. The monoisotopic (exact) mass is 356 g/mol. The largest absolute Gasteiger partial charge is 0.404 e. The highest BCUT2D eigenvalue weighted by atomic mass is 35.5. The van der Waals surface area contributed by atoms with Crippen molar-refractivity contribution in [1.82, 2.24) is 4.98 Å². The molecule has 0 spiro atoms. The fourth-order valence-electron chi connectivity index (χ4n) is 3.10. The molecule has 7 heteroatoms. The van der Waals surface area contributed by atoms with Gasteiger partial charge in [0.1, 0.15) is 11.3 Å². The summed E-state index contributed by atoms with van der Waals surface area (Å²) in [6.45, 7) is 5.45. The molecule has 1 atom stereocenters. The minimum absolute atomic E-state index is 0.0576. The summed E-state index contributed by atoms with van der Waals surface area (Å²) < 4.78 is 11.4. The van der Waals surface area contributed by atoms with E-state index in [1.165, 1.54) is 11.0 Å². The summed E-state index contributed by atoms with van der Waals surface area (Å²) in [7, 11) is 0. The number of rotatable bonds is 3. The third-order valence-corrected chi connectivity index (χ3v) is 4.44. The molecule has 0 aliphatic carbocycles. The van der Waals surface area contributed by atoms with E-state index < -0.39 is 11.9 Å². The van der Waals surface area contributed by atoms with Crippen LogP contribution in [0.1, 0.15) is 32.1 Å². The number of aryl methyl sites for hydroxylation is 1. The molecule has 2 aliphatic heterocycles. The second kappa shape index (κ2) is 5.40. The van der Waals surface area contributed by atoms with Crippen molar-refractivity contribution in [2.45, 2.75) is 12.8 Å². The first-order chi connectivity index (χ1) is 12.0. The van der Waals surface area contributed by atoms with Gasteiger partial charge in [0, 0.05) is 5.69 Å². The van der Waals surface area contributed by atoms with Gasteiger partial charge in [-0.15, -0.1) is 6.58 Å². The van der Waals surface area contributed by atoms with Gasteiger partial charge in [-0.1, -0.05) is 23.7 Å². The first kappa shape index (κ1) is 15.8. The fraction of sp³-hybridized carbons (Fsp3) is 0.167. The number of carbonyl (C=O) groups excluding carboxylic acids is 2. The van der Waals surface area contributed by atoms with Crippen LogP contribution in [-0.4, -0.2) is 23.5 Å². The molecule has 0 radical (unpaired) electrons. The number of amides is 1. The molecule has 2 aromatic rings. The number of halogens is 1. The van der Waals surface area contributed by atoms with Gasteiger partial charge in [0.05, 0.1) is 22.9 Å². The van der Waals surface area contributed by atoms with E-state index in [0.717, 1.165) is 0 Å². The van der Waals surface area contributed by atoms with E-state index in [9.17, 15) is 9.59 Å². The molecular weight excluding hydrogens is 344 g/mol. The molecule has 6 nitrogen and oxygen atoms in total. The molecule has 0 saturated carbocycles. The van der Waals surface area contributed by atoms with Gasteiger partial charge in [-0.2, -0.15) is 0 Å². The number of anilines is 1. The maximum absolute atomic E-state index is 13.0. The SMILES string of the molecule is C=CCOC12OC(=O)c3c(Cl)cccc3N1C(=O)c1ccc(C)nc12. The topological polar surface area (TPSA) is 68.7 Å². The first-order valence-corrected chi connectivity index (χ1v) is 7.97. The number of carbonyl (C=O) groups is 2. The number of hydrogen-bond donors (Lipinski definition) is 0. The summed E-state index contributed by atoms with van der Waals surface area (Å²) in [6.07, 6.45) is 1.51. The Labute approximate surface area is 148 Å². The average molecular weight is 357 g/mol. The highest BCUT2D eigenvalue weighted by Crippen LogP contribution is 2.49. The van der Waals surface area contributed by atoms with Crippen molar-refractivity contribution in [2.75, 3.05) is 11.5 Å². The molecule has 0 N–H and O–H groups in total. The van der Waals surface area contributed by atoms with Crippen LogP contribution >= 0.6 is 11.6 Å². The lowest BCUT2D eigenvalue weighted by molar-refractivity contribution is -0.203. The number of fused-ring (bicyclic) bond motifs is 5. The zero-order valence-electron chi connectivity index (χ0n) is 13.3. The highest BCUT2D eigenvalue weighted by Gasteiger charge is 2.60. The van der Waals surface area contributed by atoms with Crippen molar-refractivity contribution in [3.8, 4) is 0 Å². The van der Waals surface area contributed by atoms with E-state index in [1.807, 2.05) is 0 Å². The molecule has 0 saturated heterocycles. The maximum Gasteiger partial charge on any atom is 0.351 e.